The molecule has 0 saturated heterocycles. The smallest absolute Gasteiger partial charge is 0.124 e. The van der Waals surface area contributed by atoms with Crippen molar-refractivity contribution in [1.29, 1.82) is 0 Å². The molecule has 0 aliphatic heterocycles. The summed E-state index contributed by atoms with van der Waals surface area (Å²) in [5, 5.41) is 13.3. The van der Waals surface area contributed by atoms with Crippen LogP contribution >= 0.6 is 15.9 Å². The topological polar surface area (TPSA) is 41.8 Å². The van der Waals surface area contributed by atoms with Gasteiger partial charge >= 0.3 is 0 Å². The van der Waals surface area contributed by atoms with Gasteiger partial charge < -0.3 is 9.94 Å². The van der Waals surface area contributed by atoms with Crippen molar-refractivity contribution >= 4 is 22.1 Å². The highest BCUT2D eigenvalue weighted by molar-refractivity contribution is 9.10. The highest BCUT2D eigenvalue weighted by atomic mass is 79.9. The SMILES string of the molecule is Oc1ccc(Br)cc1/C=N/OCC1CC1. The van der Waals surface area contributed by atoms with Gasteiger partial charge in [-0.25, -0.2) is 0 Å². The van der Waals surface area contributed by atoms with Gasteiger partial charge in [0.15, 0.2) is 0 Å². The summed E-state index contributed by atoms with van der Waals surface area (Å²) in [5.41, 5.74) is 0.653. The van der Waals surface area contributed by atoms with Crippen LogP contribution in [-0.2, 0) is 4.84 Å². The van der Waals surface area contributed by atoms with Crippen LogP contribution in [0.15, 0.2) is 27.8 Å². The third kappa shape index (κ3) is 3.23. The van der Waals surface area contributed by atoms with Gasteiger partial charge in [0.2, 0.25) is 0 Å². The molecule has 0 bridgehead atoms. The Balaban J connectivity index is 1.92. The number of halogens is 1. The van der Waals surface area contributed by atoms with Gasteiger partial charge in [-0.05, 0) is 37.0 Å². The van der Waals surface area contributed by atoms with Crippen molar-refractivity contribution in [3.05, 3.63) is 28.2 Å². The molecular formula is C11H12BrNO2. The molecule has 80 valence electrons. The maximum absolute atomic E-state index is 9.49. The Morgan fingerprint density at radius 1 is 1.53 bits per heavy atom. The molecule has 0 unspecified atom stereocenters. The zero-order valence-electron chi connectivity index (χ0n) is 8.19. The van der Waals surface area contributed by atoms with Gasteiger partial charge in [-0.3, -0.25) is 0 Å². The van der Waals surface area contributed by atoms with E-state index in [2.05, 4.69) is 21.1 Å². The van der Waals surface area contributed by atoms with Gasteiger partial charge in [0.1, 0.15) is 12.4 Å². The number of oxime groups is 1. The molecule has 0 atom stereocenters. The normalized spacial score (nSPS) is 15.8. The van der Waals surface area contributed by atoms with Crippen molar-refractivity contribution in [2.24, 2.45) is 11.1 Å². The van der Waals surface area contributed by atoms with Gasteiger partial charge in [-0.2, -0.15) is 0 Å². The molecule has 1 aromatic carbocycles. The van der Waals surface area contributed by atoms with Gasteiger partial charge in [-0.15, -0.1) is 0 Å². The first-order valence-corrected chi connectivity index (χ1v) is 5.69. The van der Waals surface area contributed by atoms with Crippen LogP contribution in [0, 0.1) is 5.92 Å². The predicted octanol–water partition coefficient (Wildman–Crippen LogP) is 2.92. The lowest BCUT2D eigenvalue weighted by molar-refractivity contribution is 0.135. The maximum Gasteiger partial charge on any atom is 0.124 e. The first-order chi connectivity index (χ1) is 7.25. The molecule has 1 fully saturated rings. The summed E-state index contributed by atoms with van der Waals surface area (Å²) in [7, 11) is 0. The van der Waals surface area contributed by atoms with Gasteiger partial charge in [0, 0.05) is 10.0 Å². The van der Waals surface area contributed by atoms with Crippen molar-refractivity contribution in [3.8, 4) is 5.75 Å². The summed E-state index contributed by atoms with van der Waals surface area (Å²) < 4.78 is 0.906. The molecule has 0 heterocycles. The van der Waals surface area contributed by atoms with E-state index in [9.17, 15) is 5.11 Å². The van der Waals surface area contributed by atoms with E-state index in [0.29, 0.717) is 18.1 Å². The number of benzene rings is 1. The zero-order chi connectivity index (χ0) is 10.7. The fraction of sp³-hybridized carbons (Fsp3) is 0.364. The Hall–Kier alpha value is -1.03. The molecule has 1 N–H and O–H groups in total. The van der Waals surface area contributed by atoms with Crippen molar-refractivity contribution in [2.45, 2.75) is 12.8 Å². The van der Waals surface area contributed by atoms with Gasteiger partial charge in [0.05, 0.1) is 6.21 Å². The Labute approximate surface area is 96.9 Å². The lowest BCUT2D eigenvalue weighted by atomic mass is 10.2. The number of hydrogen-bond acceptors (Lipinski definition) is 3. The number of rotatable bonds is 4. The zero-order valence-corrected chi connectivity index (χ0v) is 9.77. The van der Waals surface area contributed by atoms with Crippen molar-refractivity contribution in [3.63, 3.8) is 0 Å². The molecule has 0 radical (unpaired) electrons. The number of nitrogens with zero attached hydrogens (tertiary/aromatic N) is 1. The van der Waals surface area contributed by atoms with Crippen molar-refractivity contribution < 1.29 is 9.94 Å². The fourth-order valence-corrected chi connectivity index (χ4v) is 1.53. The molecule has 1 saturated carbocycles. The maximum atomic E-state index is 9.49. The summed E-state index contributed by atoms with van der Waals surface area (Å²) >= 11 is 3.32. The highest BCUT2D eigenvalue weighted by Gasteiger charge is 2.21. The molecule has 1 aromatic rings. The monoisotopic (exact) mass is 269 g/mol. The summed E-state index contributed by atoms with van der Waals surface area (Å²) in [5.74, 6) is 0.898. The predicted molar refractivity (Wildman–Crippen MR) is 62.1 cm³/mol. The minimum absolute atomic E-state index is 0.206. The van der Waals surface area contributed by atoms with Crippen molar-refractivity contribution in [2.75, 3.05) is 6.61 Å². The Bertz CT molecular complexity index is 375. The molecule has 1 aliphatic carbocycles. The van der Waals surface area contributed by atoms with Crippen LogP contribution in [0.4, 0.5) is 0 Å². The number of hydrogen-bond donors (Lipinski definition) is 1. The molecule has 1 aliphatic rings. The summed E-state index contributed by atoms with van der Waals surface area (Å²) in [6.07, 6.45) is 4.03. The van der Waals surface area contributed by atoms with E-state index < -0.39 is 0 Å². The van der Waals surface area contributed by atoms with E-state index in [1.165, 1.54) is 19.1 Å². The van der Waals surface area contributed by atoms with Crippen LogP contribution in [-0.4, -0.2) is 17.9 Å². The highest BCUT2D eigenvalue weighted by Crippen LogP contribution is 2.28. The van der Waals surface area contributed by atoms with Crippen LogP contribution < -0.4 is 0 Å². The minimum atomic E-state index is 0.206. The summed E-state index contributed by atoms with van der Waals surface area (Å²) in [6.45, 7) is 0.686. The first-order valence-electron chi connectivity index (χ1n) is 4.89. The average Bonchev–Trinajstić information content (AvgIpc) is 3.01. The number of phenols is 1. The Morgan fingerprint density at radius 2 is 2.33 bits per heavy atom. The molecule has 0 amide bonds. The number of aromatic hydroxyl groups is 1. The average molecular weight is 270 g/mol. The summed E-state index contributed by atoms with van der Waals surface area (Å²) in [4.78, 5) is 5.10. The quantitative estimate of drug-likeness (QED) is 0.675. The fourth-order valence-electron chi connectivity index (χ4n) is 1.16. The van der Waals surface area contributed by atoms with E-state index in [0.717, 1.165) is 4.47 Å². The van der Waals surface area contributed by atoms with E-state index >= 15 is 0 Å². The lowest BCUT2D eigenvalue weighted by Crippen LogP contribution is -1.90. The minimum Gasteiger partial charge on any atom is -0.507 e. The van der Waals surface area contributed by atoms with Gasteiger partial charge in [-0.1, -0.05) is 21.1 Å². The largest absolute Gasteiger partial charge is 0.507 e. The molecular weight excluding hydrogens is 258 g/mol. The third-order valence-electron chi connectivity index (χ3n) is 2.26. The second kappa shape index (κ2) is 4.66. The molecule has 4 heteroatoms. The summed E-state index contributed by atoms with van der Waals surface area (Å²) in [6, 6.07) is 5.18. The second-order valence-corrected chi connectivity index (χ2v) is 4.59. The molecule has 0 aromatic heterocycles. The molecule has 0 spiro atoms. The molecule has 3 nitrogen and oxygen atoms in total. The third-order valence-corrected chi connectivity index (χ3v) is 2.76. The molecule has 15 heavy (non-hydrogen) atoms. The molecule has 2 rings (SSSR count). The van der Waals surface area contributed by atoms with Crippen LogP contribution in [0.5, 0.6) is 5.75 Å². The van der Waals surface area contributed by atoms with E-state index in [-0.39, 0.29) is 5.75 Å². The van der Waals surface area contributed by atoms with Crippen LogP contribution in [0.1, 0.15) is 18.4 Å². The first kappa shape index (κ1) is 10.5. The Kier molecular flexibility index (Phi) is 3.26. The van der Waals surface area contributed by atoms with Crippen molar-refractivity contribution in [1.82, 2.24) is 0 Å². The standard InChI is InChI=1S/C11H12BrNO2/c12-10-3-4-11(14)9(5-10)6-13-15-7-8-1-2-8/h3-6,8,14H,1-2,7H2/b13-6+. The Morgan fingerprint density at radius 3 is 3.07 bits per heavy atom. The van der Waals surface area contributed by atoms with Crippen LogP contribution in [0.2, 0.25) is 0 Å². The van der Waals surface area contributed by atoms with Crippen LogP contribution in [0.3, 0.4) is 0 Å². The second-order valence-electron chi connectivity index (χ2n) is 3.68. The van der Waals surface area contributed by atoms with Crippen LogP contribution in [0.25, 0.3) is 0 Å². The lowest BCUT2D eigenvalue weighted by Gasteiger charge is -1.99. The van der Waals surface area contributed by atoms with Gasteiger partial charge in [0.25, 0.3) is 0 Å². The number of phenolic OH excluding ortho intramolecular Hbond substituents is 1. The van der Waals surface area contributed by atoms with E-state index in [1.807, 2.05) is 0 Å². The van der Waals surface area contributed by atoms with E-state index in [1.54, 1.807) is 18.2 Å². The van der Waals surface area contributed by atoms with E-state index in [4.69, 9.17) is 4.84 Å².